The molecule has 0 aromatic rings. The molecular weight excluding hydrogens is 328 g/mol. The van der Waals surface area contributed by atoms with Gasteiger partial charge < -0.3 is 9.47 Å². The van der Waals surface area contributed by atoms with Gasteiger partial charge in [0.25, 0.3) is 0 Å². The van der Waals surface area contributed by atoms with E-state index in [1.807, 2.05) is 11.8 Å². The van der Waals surface area contributed by atoms with Crippen LogP contribution < -0.4 is 0 Å². The minimum atomic E-state index is -0.360. The molecule has 0 aliphatic heterocycles. The third-order valence-electron chi connectivity index (χ3n) is 2.02. The Balaban J connectivity index is 3.09. The Bertz CT molecular complexity index is 291. The van der Waals surface area contributed by atoms with Gasteiger partial charge in [0.2, 0.25) is 0 Å². The molecule has 0 amide bonds. The van der Waals surface area contributed by atoms with Crippen molar-refractivity contribution in [2.24, 2.45) is 0 Å². The predicted octanol–water partition coefficient (Wildman–Crippen LogP) is 2.64. The first-order chi connectivity index (χ1) is 10.2. The number of carbonyl (C=O) groups excluding carboxylic acids is 2. The third-order valence-corrected chi connectivity index (χ3v) is 5.42. The van der Waals surface area contributed by atoms with Crippen LogP contribution in [0.5, 0.6) is 0 Å². The summed E-state index contributed by atoms with van der Waals surface area (Å²) in [6.45, 7) is 7.55. The van der Waals surface area contributed by atoms with E-state index < -0.39 is 0 Å². The molecule has 7 heteroatoms. The number of esters is 2. The van der Waals surface area contributed by atoms with E-state index in [9.17, 15) is 9.59 Å². The third kappa shape index (κ3) is 15.7. The van der Waals surface area contributed by atoms with E-state index in [4.69, 9.17) is 9.47 Å². The number of thioether (sulfide) groups is 3. The molecule has 0 bridgehead atoms. The Labute approximate surface area is 139 Å². The Kier molecular flexibility index (Phi) is 15.5. The van der Waals surface area contributed by atoms with Crippen LogP contribution in [0.25, 0.3) is 0 Å². The maximum absolute atomic E-state index is 10.8. The van der Waals surface area contributed by atoms with Crippen molar-refractivity contribution in [3.8, 4) is 0 Å². The maximum Gasteiger partial charge on any atom is 0.330 e. The number of ether oxygens (including phenoxy) is 2. The fourth-order valence-corrected chi connectivity index (χ4v) is 3.96. The molecule has 0 aliphatic carbocycles. The highest BCUT2D eigenvalue weighted by atomic mass is 32.2. The van der Waals surface area contributed by atoms with Gasteiger partial charge >= 0.3 is 11.9 Å². The maximum atomic E-state index is 10.8. The summed E-state index contributed by atoms with van der Waals surface area (Å²) in [6.07, 6.45) is 2.35. The fraction of sp³-hybridized carbons (Fsp3) is 0.571. The molecule has 21 heavy (non-hydrogen) atoms. The molecule has 120 valence electrons. The van der Waals surface area contributed by atoms with Crippen LogP contribution >= 0.6 is 35.3 Å². The highest BCUT2D eigenvalue weighted by Gasteiger charge is 1.97. The zero-order chi connectivity index (χ0) is 15.8. The molecule has 0 saturated carbocycles. The summed E-state index contributed by atoms with van der Waals surface area (Å²) >= 11 is 5.46. The summed E-state index contributed by atoms with van der Waals surface area (Å²) in [5.74, 6) is 5.21. The first-order valence-corrected chi connectivity index (χ1v) is 9.98. The van der Waals surface area contributed by atoms with Crippen LogP contribution in [0, 0.1) is 0 Å². The van der Waals surface area contributed by atoms with E-state index in [1.165, 1.54) is 12.2 Å². The molecule has 0 heterocycles. The smallest absolute Gasteiger partial charge is 0.330 e. The minimum Gasteiger partial charge on any atom is -0.462 e. The van der Waals surface area contributed by atoms with E-state index in [2.05, 4.69) is 13.2 Å². The fourth-order valence-electron chi connectivity index (χ4n) is 1.06. The zero-order valence-electron chi connectivity index (χ0n) is 12.1. The van der Waals surface area contributed by atoms with Crippen LogP contribution in [0.3, 0.4) is 0 Å². The average Bonchev–Trinajstić information content (AvgIpc) is 2.51. The zero-order valence-corrected chi connectivity index (χ0v) is 14.5. The lowest BCUT2D eigenvalue weighted by molar-refractivity contribution is -0.138. The minimum absolute atomic E-state index is 0.360. The molecule has 4 nitrogen and oxygen atoms in total. The second kappa shape index (κ2) is 15.9. The molecule has 0 rings (SSSR count). The predicted molar refractivity (Wildman–Crippen MR) is 94.3 cm³/mol. The molecule has 0 aromatic carbocycles. The van der Waals surface area contributed by atoms with Crippen molar-refractivity contribution < 1.29 is 19.1 Å². The van der Waals surface area contributed by atoms with Gasteiger partial charge in [-0.1, -0.05) is 13.2 Å². The van der Waals surface area contributed by atoms with Crippen LogP contribution in [0.15, 0.2) is 25.3 Å². The van der Waals surface area contributed by atoms with Crippen molar-refractivity contribution in [3.05, 3.63) is 25.3 Å². The second-order valence-corrected chi connectivity index (χ2v) is 7.25. The van der Waals surface area contributed by atoms with Gasteiger partial charge in [0.15, 0.2) is 0 Å². The largest absolute Gasteiger partial charge is 0.462 e. The highest BCUT2D eigenvalue weighted by molar-refractivity contribution is 8.04. The van der Waals surface area contributed by atoms with Crippen molar-refractivity contribution in [1.29, 1.82) is 0 Å². The van der Waals surface area contributed by atoms with Crippen LogP contribution in [0.1, 0.15) is 0 Å². The van der Waals surface area contributed by atoms with Crippen molar-refractivity contribution in [2.75, 3.05) is 47.7 Å². The van der Waals surface area contributed by atoms with Gasteiger partial charge in [-0.2, -0.15) is 35.3 Å². The summed E-state index contributed by atoms with van der Waals surface area (Å²) < 4.78 is 9.74. The van der Waals surface area contributed by atoms with Crippen molar-refractivity contribution in [3.63, 3.8) is 0 Å². The number of hydrogen-bond acceptors (Lipinski definition) is 7. The van der Waals surface area contributed by atoms with Gasteiger partial charge in [-0.05, 0) is 0 Å². The molecule has 0 spiro atoms. The Morgan fingerprint density at radius 3 is 1.38 bits per heavy atom. The molecule has 0 atom stereocenters. The normalized spacial score (nSPS) is 9.90. The van der Waals surface area contributed by atoms with Crippen LogP contribution in [0.4, 0.5) is 0 Å². The molecular formula is C14H22O4S3. The van der Waals surface area contributed by atoms with E-state index in [0.29, 0.717) is 13.2 Å². The van der Waals surface area contributed by atoms with Gasteiger partial charge in [-0.3, -0.25) is 0 Å². The van der Waals surface area contributed by atoms with Gasteiger partial charge in [0, 0.05) is 46.7 Å². The summed E-state index contributed by atoms with van der Waals surface area (Å²) in [6, 6.07) is 0. The van der Waals surface area contributed by atoms with Gasteiger partial charge in [0.1, 0.15) is 13.2 Å². The topological polar surface area (TPSA) is 52.6 Å². The standard InChI is InChI=1S/C14H22O4S3/c1-3-13(15)17-5-7-19-9-11-21-12-10-20-8-6-18-14(16)4-2/h3-4H,1-2,5-12H2. The monoisotopic (exact) mass is 350 g/mol. The van der Waals surface area contributed by atoms with Crippen LogP contribution in [-0.2, 0) is 19.1 Å². The van der Waals surface area contributed by atoms with E-state index in [0.717, 1.165) is 34.5 Å². The highest BCUT2D eigenvalue weighted by Crippen LogP contribution is 2.10. The molecule has 0 fully saturated rings. The van der Waals surface area contributed by atoms with E-state index in [-0.39, 0.29) is 11.9 Å². The van der Waals surface area contributed by atoms with Crippen molar-refractivity contribution >= 4 is 47.2 Å². The average molecular weight is 351 g/mol. The van der Waals surface area contributed by atoms with Crippen molar-refractivity contribution in [1.82, 2.24) is 0 Å². The second-order valence-electron chi connectivity index (χ2n) is 3.58. The quantitative estimate of drug-likeness (QED) is 0.271. The van der Waals surface area contributed by atoms with Crippen LogP contribution in [-0.4, -0.2) is 59.7 Å². The first kappa shape index (κ1) is 20.5. The van der Waals surface area contributed by atoms with E-state index >= 15 is 0 Å². The molecule has 0 N–H and O–H groups in total. The van der Waals surface area contributed by atoms with Gasteiger partial charge in [-0.25, -0.2) is 9.59 Å². The lowest BCUT2D eigenvalue weighted by atomic mass is 10.6. The number of rotatable bonds is 14. The summed E-state index contributed by atoms with van der Waals surface area (Å²) in [5, 5.41) is 0. The Morgan fingerprint density at radius 2 is 1.05 bits per heavy atom. The van der Waals surface area contributed by atoms with E-state index in [1.54, 1.807) is 23.5 Å². The molecule has 0 saturated heterocycles. The van der Waals surface area contributed by atoms with Crippen molar-refractivity contribution in [2.45, 2.75) is 0 Å². The van der Waals surface area contributed by atoms with Crippen LogP contribution in [0.2, 0.25) is 0 Å². The number of carbonyl (C=O) groups is 2. The number of hydrogen-bond donors (Lipinski definition) is 0. The first-order valence-electron chi connectivity index (χ1n) is 6.52. The SMILES string of the molecule is C=CC(=O)OCCSCCSCCSCCOC(=O)C=C. The summed E-state index contributed by atoms with van der Waals surface area (Å²) in [7, 11) is 0. The van der Waals surface area contributed by atoms with Gasteiger partial charge in [0.05, 0.1) is 0 Å². The van der Waals surface area contributed by atoms with Gasteiger partial charge in [-0.15, -0.1) is 0 Å². The Hall–Kier alpha value is -0.530. The lowest BCUT2D eigenvalue weighted by Gasteiger charge is -2.04. The summed E-state index contributed by atoms with van der Waals surface area (Å²) in [5.41, 5.74) is 0. The molecule has 0 radical (unpaired) electrons. The summed E-state index contributed by atoms with van der Waals surface area (Å²) in [4.78, 5) is 21.5. The lowest BCUT2D eigenvalue weighted by Crippen LogP contribution is -2.04. The molecule has 0 aromatic heterocycles. The Morgan fingerprint density at radius 1 is 0.714 bits per heavy atom. The molecule has 0 unspecified atom stereocenters. The molecule has 0 aliphatic rings.